The lowest BCUT2D eigenvalue weighted by atomic mass is 10.1. The van der Waals surface area contributed by atoms with Crippen LogP contribution in [-0.4, -0.2) is 21.0 Å². The van der Waals surface area contributed by atoms with E-state index in [0.29, 0.717) is 6.04 Å². The highest BCUT2D eigenvalue weighted by atomic mass is 32.1. The summed E-state index contributed by atoms with van der Waals surface area (Å²) in [5.41, 5.74) is 3.35. The van der Waals surface area contributed by atoms with Crippen LogP contribution in [0.25, 0.3) is 32.7 Å². The molecule has 0 aliphatic heterocycles. The molecular formula is C22H20N4S. The highest BCUT2D eigenvalue weighted by Gasteiger charge is 2.20. The third-order valence-electron chi connectivity index (χ3n) is 5.13. The third kappa shape index (κ3) is 3.19. The Labute approximate surface area is 162 Å². The van der Waals surface area contributed by atoms with Gasteiger partial charge >= 0.3 is 0 Å². The van der Waals surface area contributed by atoms with Crippen LogP contribution in [-0.2, 0) is 0 Å². The summed E-state index contributed by atoms with van der Waals surface area (Å²) in [7, 11) is 0. The first-order valence-corrected chi connectivity index (χ1v) is 10.3. The number of nitrogens with one attached hydrogen (secondary N) is 1. The zero-order valence-corrected chi connectivity index (χ0v) is 15.7. The smallest absolute Gasteiger partial charge is 0.164 e. The van der Waals surface area contributed by atoms with E-state index in [4.69, 9.17) is 9.97 Å². The summed E-state index contributed by atoms with van der Waals surface area (Å²) in [4.78, 5) is 15.0. The van der Waals surface area contributed by atoms with E-state index < -0.39 is 0 Å². The van der Waals surface area contributed by atoms with Crippen molar-refractivity contribution in [3.63, 3.8) is 0 Å². The van der Waals surface area contributed by atoms with Gasteiger partial charge in [0.1, 0.15) is 10.6 Å². The van der Waals surface area contributed by atoms with Crippen LogP contribution in [0, 0.1) is 0 Å². The normalized spacial score (nSPS) is 14.7. The van der Waals surface area contributed by atoms with E-state index in [1.807, 2.05) is 24.4 Å². The van der Waals surface area contributed by atoms with Gasteiger partial charge in [-0.3, -0.25) is 4.98 Å². The number of hydrogen-bond donors (Lipinski definition) is 1. The molecule has 134 valence electrons. The van der Waals surface area contributed by atoms with Crippen molar-refractivity contribution in [2.75, 3.05) is 5.32 Å². The molecule has 4 nitrogen and oxygen atoms in total. The molecule has 3 heterocycles. The van der Waals surface area contributed by atoms with Gasteiger partial charge in [0.05, 0.1) is 5.39 Å². The second-order valence-corrected chi connectivity index (χ2v) is 7.82. The van der Waals surface area contributed by atoms with Crippen LogP contribution in [0.4, 0.5) is 5.82 Å². The quantitative estimate of drug-likeness (QED) is 0.494. The molecule has 1 aromatic carbocycles. The van der Waals surface area contributed by atoms with Crippen LogP contribution in [0.3, 0.4) is 0 Å². The largest absolute Gasteiger partial charge is 0.367 e. The molecule has 5 rings (SSSR count). The van der Waals surface area contributed by atoms with Crippen molar-refractivity contribution in [2.45, 2.75) is 31.7 Å². The van der Waals surface area contributed by atoms with E-state index in [-0.39, 0.29) is 0 Å². The van der Waals surface area contributed by atoms with Gasteiger partial charge in [-0.25, -0.2) is 9.97 Å². The topological polar surface area (TPSA) is 50.7 Å². The van der Waals surface area contributed by atoms with Crippen LogP contribution in [0.2, 0.25) is 0 Å². The van der Waals surface area contributed by atoms with Gasteiger partial charge in [-0.2, -0.15) is 0 Å². The summed E-state index contributed by atoms with van der Waals surface area (Å²) >= 11 is 1.68. The van der Waals surface area contributed by atoms with E-state index in [1.54, 1.807) is 17.5 Å². The van der Waals surface area contributed by atoms with Crippen LogP contribution in [0.5, 0.6) is 0 Å². The van der Waals surface area contributed by atoms with Crippen molar-refractivity contribution in [3.05, 3.63) is 60.2 Å². The molecule has 3 aromatic heterocycles. The second kappa shape index (κ2) is 7.08. The molecular weight excluding hydrogens is 352 g/mol. The SMILES string of the molecule is c1ccc(-c2csc3nc(-c4cccnc4)nc(NC4CCCC4)c23)cc1. The van der Waals surface area contributed by atoms with Gasteiger partial charge in [-0.05, 0) is 30.5 Å². The number of benzene rings is 1. The van der Waals surface area contributed by atoms with Crippen LogP contribution in [0.15, 0.2) is 60.2 Å². The lowest BCUT2D eigenvalue weighted by Crippen LogP contribution is -2.16. The first kappa shape index (κ1) is 16.4. The fourth-order valence-electron chi connectivity index (χ4n) is 3.76. The van der Waals surface area contributed by atoms with Gasteiger partial charge in [0, 0.05) is 34.9 Å². The highest BCUT2D eigenvalue weighted by molar-refractivity contribution is 7.17. The van der Waals surface area contributed by atoms with Gasteiger partial charge in [0.2, 0.25) is 0 Å². The van der Waals surface area contributed by atoms with E-state index >= 15 is 0 Å². The molecule has 4 aromatic rings. The summed E-state index contributed by atoms with van der Waals surface area (Å²) in [6.07, 6.45) is 8.59. The zero-order chi connectivity index (χ0) is 18.1. The van der Waals surface area contributed by atoms with Crippen LogP contribution < -0.4 is 5.32 Å². The Morgan fingerprint density at radius 2 is 1.74 bits per heavy atom. The Morgan fingerprint density at radius 1 is 0.926 bits per heavy atom. The van der Waals surface area contributed by atoms with Crippen molar-refractivity contribution in [3.8, 4) is 22.5 Å². The molecule has 1 aliphatic carbocycles. The minimum absolute atomic E-state index is 0.494. The maximum atomic E-state index is 4.94. The number of aromatic nitrogens is 3. The summed E-state index contributed by atoms with van der Waals surface area (Å²) in [5.74, 6) is 1.68. The van der Waals surface area contributed by atoms with Crippen molar-refractivity contribution in [1.82, 2.24) is 15.0 Å². The zero-order valence-electron chi connectivity index (χ0n) is 14.9. The molecule has 1 N–H and O–H groups in total. The van der Waals surface area contributed by atoms with Gasteiger partial charge < -0.3 is 5.32 Å². The molecule has 5 heteroatoms. The number of pyridine rings is 1. The van der Waals surface area contributed by atoms with E-state index in [0.717, 1.165) is 27.4 Å². The van der Waals surface area contributed by atoms with Gasteiger partial charge in [-0.1, -0.05) is 43.2 Å². The monoisotopic (exact) mass is 372 g/mol. The Kier molecular flexibility index (Phi) is 4.30. The van der Waals surface area contributed by atoms with Crippen molar-refractivity contribution in [1.29, 1.82) is 0 Å². The lowest BCUT2D eigenvalue weighted by molar-refractivity contribution is 0.752. The molecule has 0 atom stereocenters. The van der Waals surface area contributed by atoms with Crippen molar-refractivity contribution < 1.29 is 0 Å². The summed E-state index contributed by atoms with van der Waals surface area (Å²) in [6, 6.07) is 14.9. The molecule has 0 radical (unpaired) electrons. The molecule has 27 heavy (non-hydrogen) atoms. The van der Waals surface area contributed by atoms with Gasteiger partial charge in [0.15, 0.2) is 5.82 Å². The first-order valence-electron chi connectivity index (χ1n) is 9.40. The lowest BCUT2D eigenvalue weighted by Gasteiger charge is -2.15. The fraction of sp³-hybridized carbons (Fsp3) is 0.227. The van der Waals surface area contributed by atoms with Gasteiger partial charge in [0.25, 0.3) is 0 Å². The molecule has 0 amide bonds. The number of fused-ring (bicyclic) bond motifs is 1. The van der Waals surface area contributed by atoms with E-state index in [9.17, 15) is 0 Å². The maximum absolute atomic E-state index is 4.94. The molecule has 1 aliphatic rings. The average Bonchev–Trinajstić information content (AvgIpc) is 3.39. The Bertz CT molecular complexity index is 1050. The Hall–Kier alpha value is -2.79. The predicted molar refractivity (Wildman–Crippen MR) is 112 cm³/mol. The molecule has 0 unspecified atom stereocenters. The third-order valence-corrected chi connectivity index (χ3v) is 6.01. The van der Waals surface area contributed by atoms with Crippen molar-refractivity contribution >= 4 is 27.4 Å². The number of hydrogen-bond acceptors (Lipinski definition) is 5. The highest BCUT2D eigenvalue weighted by Crippen LogP contribution is 2.39. The minimum atomic E-state index is 0.494. The predicted octanol–water partition coefficient (Wildman–Crippen LogP) is 5.77. The fourth-order valence-corrected chi connectivity index (χ4v) is 4.71. The number of rotatable bonds is 4. The Morgan fingerprint density at radius 3 is 2.52 bits per heavy atom. The standard InChI is InChI=1S/C22H20N4S/c1-2-7-15(8-3-1)18-14-27-22-19(18)21(24-17-10-4-5-11-17)25-20(26-22)16-9-6-12-23-13-16/h1-3,6-9,12-14,17H,4-5,10-11H2,(H,24,25,26). The average molecular weight is 372 g/mol. The molecule has 0 spiro atoms. The summed E-state index contributed by atoms with van der Waals surface area (Å²) < 4.78 is 0. The number of nitrogens with zero attached hydrogens (tertiary/aromatic N) is 3. The maximum Gasteiger partial charge on any atom is 0.164 e. The van der Waals surface area contributed by atoms with Crippen LogP contribution >= 0.6 is 11.3 Å². The molecule has 0 bridgehead atoms. The molecule has 0 saturated heterocycles. The van der Waals surface area contributed by atoms with E-state index in [2.05, 4.69) is 39.9 Å². The molecule has 1 saturated carbocycles. The van der Waals surface area contributed by atoms with Crippen LogP contribution in [0.1, 0.15) is 25.7 Å². The van der Waals surface area contributed by atoms with Crippen molar-refractivity contribution in [2.24, 2.45) is 0 Å². The van der Waals surface area contributed by atoms with E-state index in [1.165, 1.54) is 36.8 Å². The minimum Gasteiger partial charge on any atom is -0.367 e. The first-order chi connectivity index (χ1) is 13.4. The number of thiophene rings is 1. The summed E-state index contributed by atoms with van der Waals surface area (Å²) in [6.45, 7) is 0. The Balaban J connectivity index is 1.68. The second-order valence-electron chi connectivity index (χ2n) is 6.96. The number of anilines is 1. The van der Waals surface area contributed by atoms with Gasteiger partial charge in [-0.15, -0.1) is 11.3 Å². The molecule has 1 fully saturated rings. The summed E-state index contributed by atoms with van der Waals surface area (Å²) in [5, 5.41) is 7.05.